The van der Waals surface area contributed by atoms with E-state index in [1.54, 1.807) is 6.20 Å². The summed E-state index contributed by atoms with van der Waals surface area (Å²) in [6.45, 7) is 9.17. The van der Waals surface area contributed by atoms with Gasteiger partial charge in [0.25, 0.3) is 0 Å². The molecule has 104 valence electrons. The van der Waals surface area contributed by atoms with Crippen LogP contribution < -0.4 is 10.1 Å². The lowest BCUT2D eigenvalue weighted by Gasteiger charge is -1.99. The number of hydrogen-bond donors (Lipinski definition) is 1. The highest BCUT2D eigenvalue weighted by Gasteiger charge is 2.08. The van der Waals surface area contributed by atoms with E-state index in [-0.39, 0.29) is 0 Å². The van der Waals surface area contributed by atoms with E-state index in [1.807, 2.05) is 30.8 Å². The molecule has 0 bridgehead atoms. The summed E-state index contributed by atoms with van der Waals surface area (Å²) in [5.74, 6) is 2.56. The molecule has 0 aliphatic carbocycles. The van der Waals surface area contributed by atoms with Crippen molar-refractivity contribution in [3.8, 4) is 5.75 Å². The van der Waals surface area contributed by atoms with Crippen molar-refractivity contribution in [2.45, 2.75) is 40.5 Å². The van der Waals surface area contributed by atoms with Crippen LogP contribution >= 0.6 is 0 Å². The van der Waals surface area contributed by atoms with Crippen molar-refractivity contribution < 1.29 is 9.15 Å². The fourth-order valence-electron chi connectivity index (χ4n) is 1.84. The Morgan fingerprint density at radius 2 is 2.26 bits per heavy atom. The molecule has 0 aliphatic heterocycles. The van der Waals surface area contributed by atoms with Gasteiger partial charge in [-0.2, -0.15) is 5.10 Å². The van der Waals surface area contributed by atoms with E-state index in [4.69, 9.17) is 9.15 Å². The molecule has 0 unspecified atom stereocenters. The summed E-state index contributed by atoms with van der Waals surface area (Å²) in [6.07, 6.45) is 3.61. The van der Waals surface area contributed by atoms with Crippen LogP contribution in [0.2, 0.25) is 0 Å². The van der Waals surface area contributed by atoms with Gasteiger partial charge in [-0.1, -0.05) is 6.92 Å². The summed E-state index contributed by atoms with van der Waals surface area (Å²) in [7, 11) is 0. The van der Waals surface area contributed by atoms with Crippen LogP contribution in [-0.2, 0) is 19.7 Å². The molecule has 0 saturated heterocycles. The second kappa shape index (κ2) is 6.43. The number of aryl methyl sites for hydroxylation is 2. The topological polar surface area (TPSA) is 52.2 Å². The van der Waals surface area contributed by atoms with Gasteiger partial charge in [0, 0.05) is 18.7 Å². The normalized spacial score (nSPS) is 10.9. The first-order valence-corrected chi connectivity index (χ1v) is 6.67. The quantitative estimate of drug-likeness (QED) is 0.834. The largest absolute Gasteiger partial charge is 0.482 e. The van der Waals surface area contributed by atoms with Crippen molar-refractivity contribution in [2.75, 3.05) is 6.54 Å². The molecule has 1 N–H and O–H groups in total. The highest BCUT2D eigenvalue weighted by Crippen LogP contribution is 2.17. The average molecular weight is 263 g/mol. The van der Waals surface area contributed by atoms with Crippen LogP contribution in [0.1, 0.15) is 30.9 Å². The van der Waals surface area contributed by atoms with Crippen molar-refractivity contribution in [3.63, 3.8) is 0 Å². The molecular weight excluding hydrogens is 242 g/mol. The molecule has 2 aromatic heterocycles. The summed E-state index contributed by atoms with van der Waals surface area (Å²) < 4.78 is 13.2. The van der Waals surface area contributed by atoms with Gasteiger partial charge in [-0.15, -0.1) is 0 Å². The molecular formula is C14H21N3O2. The molecule has 2 rings (SSSR count). The van der Waals surface area contributed by atoms with Crippen LogP contribution in [0.4, 0.5) is 0 Å². The molecule has 0 spiro atoms. The van der Waals surface area contributed by atoms with E-state index in [0.717, 1.165) is 36.9 Å². The minimum absolute atomic E-state index is 0.433. The number of nitrogens with zero attached hydrogens (tertiary/aromatic N) is 2. The zero-order chi connectivity index (χ0) is 13.7. The maximum absolute atomic E-state index is 5.67. The molecule has 2 aromatic rings. The predicted octanol–water partition coefficient (Wildman–Crippen LogP) is 2.49. The highest BCUT2D eigenvalue weighted by atomic mass is 16.5. The Balaban J connectivity index is 1.92. The Morgan fingerprint density at radius 1 is 1.42 bits per heavy atom. The van der Waals surface area contributed by atoms with Crippen molar-refractivity contribution in [1.29, 1.82) is 0 Å². The third-order valence-electron chi connectivity index (χ3n) is 2.95. The van der Waals surface area contributed by atoms with Crippen LogP contribution in [0, 0.1) is 6.92 Å². The van der Waals surface area contributed by atoms with Crippen LogP contribution in [0.15, 0.2) is 22.9 Å². The first-order valence-electron chi connectivity index (χ1n) is 6.67. The van der Waals surface area contributed by atoms with Gasteiger partial charge < -0.3 is 14.5 Å². The predicted molar refractivity (Wildman–Crippen MR) is 73.1 cm³/mol. The highest BCUT2D eigenvalue weighted by molar-refractivity contribution is 5.21. The van der Waals surface area contributed by atoms with E-state index >= 15 is 0 Å². The standard InChI is InChI=1S/C14H21N3O2/c1-4-15-7-12-6-13(19-11(12)3)10-18-14-8-16-17(5-2)9-14/h6,8-9,15H,4-5,7,10H2,1-3H3. The summed E-state index contributed by atoms with van der Waals surface area (Å²) in [6, 6.07) is 2.04. The van der Waals surface area contributed by atoms with Gasteiger partial charge in [0.05, 0.1) is 12.4 Å². The molecule has 0 radical (unpaired) electrons. The van der Waals surface area contributed by atoms with Gasteiger partial charge in [-0.3, -0.25) is 4.68 Å². The molecule has 0 aliphatic rings. The molecule has 0 saturated carbocycles. The van der Waals surface area contributed by atoms with Gasteiger partial charge in [0.2, 0.25) is 0 Å². The molecule has 5 nitrogen and oxygen atoms in total. The molecule has 2 heterocycles. The number of nitrogens with one attached hydrogen (secondary N) is 1. The van der Waals surface area contributed by atoms with Crippen LogP contribution in [0.5, 0.6) is 5.75 Å². The average Bonchev–Trinajstić information content (AvgIpc) is 3.00. The Labute approximate surface area is 113 Å². The van der Waals surface area contributed by atoms with E-state index < -0.39 is 0 Å². The van der Waals surface area contributed by atoms with Gasteiger partial charge >= 0.3 is 0 Å². The summed E-state index contributed by atoms with van der Waals surface area (Å²) >= 11 is 0. The molecule has 0 fully saturated rings. The minimum atomic E-state index is 0.433. The maximum atomic E-state index is 5.67. The zero-order valence-corrected chi connectivity index (χ0v) is 11.8. The second-order valence-electron chi connectivity index (χ2n) is 4.39. The summed E-state index contributed by atoms with van der Waals surface area (Å²) in [4.78, 5) is 0. The van der Waals surface area contributed by atoms with Crippen LogP contribution in [0.25, 0.3) is 0 Å². The second-order valence-corrected chi connectivity index (χ2v) is 4.39. The Bertz CT molecular complexity index is 516. The summed E-state index contributed by atoms with van der Waals surface area (Å²) in [5, 5.41) is 7.45. The SMILES string of the molecule is CCNCc1cc(COc2cnn(CC)c2)oc1C. The van der Waals surface area contributed by atoms with E-state index in [0.29, 0.717) is 6.61 Å². The lowest BCUT2D eigenvalue weighted by molar-refractivity contribution is 0.267. The van der Waals surface area contributed by atoms with Crippen LogP contribution in [-0.4, -0.2) is 16.3 Å². The lowest BCUT2D eigenvalue weighted by Crippen LogP contribution is -2.11. The van der Waals surface area contributed by atoms with Crippen molar-refractivity contribution in [3.05, 3.63) is 35.5 Å². The third-order valence-corrected chi connectivity index (χ3v) is 2.95. The van der Waals surface area contributed by atoms with Crippen molar-refractivity contribution in [2.24, 2.45) is 0 Å². The number of hydrogen-bond acceptors (Lipinski definition) is 4. The first kappa shape index (κ1) is 13.7. The number of furan rings is 1. The Kier molecular flexibility index (Phi) is 4.63. The summed E-state index contributed by atoms with van der Waals surface area (Å²) in [5.41, 5.74) is 1.18. The molecule has 5 heteroatoms. The molecule has 19 heavy (non-hydrogen) atoms. The number of rotatable bonds is 7. The molecule has 0 amide bonds. The van der Waals surface area contributed by atoms with E-state index in [1.165, 1.54) is 5.56 Å². The zero-order valence-electron chi connectivity index (χ0n) is 11.8. The fraction of sp³-hybridized carbons (Fsp3) is 0.500. The maximum Gasteiger partial charge on any atom is 0.157 e. The lowest BCUT2D eigenvalue weighted by atomic mass is 10.2. The van der Waals surface area contributed by atoms with Gasteiger partial charge in [-0.25, -0.2) is 0 Å². The molecule has 0 aromatic carbocycles. The number of aromatic nitrogens is 2. The Morgan fingerprint density at radius 3 is 2.95 bits per heavy atom. The smallest absolute Gasteiger partial charge is 0.157 e. The number of ether oxygens (including phenoxy) is 1. The fourth-order valence-corrected chi connectivity index (χ4v) is 1.84. The van der Waals surface area contributed by atoms with Gasteiger partial charge in [0.15, 0.2) is 5.75 Å². The van der Waals surface area contributed by atoms with Gasteiger partial charge in [0.1, 0.15) is 18.1 Å². The van der Waals surface area contributed by atoms with Crippen molar-refractivity contribution in [1.82, 2.24) is 15.1 Å². The Hall–Kier alpha value is -1.75. The van der Waals surface area contributed by atoms with Crippen molar-refractivity contribution >= 4 is 0 Å². The van der Waals surface area contributed by atoms with Gasteiger partial charge in [-0.05, 0) is 26.5 Å². The van der Waals surface area contributed by atoms with E-state index in [2.05, 4.69) is 17.3 Å². The third kappa shape index (κ3) is 3.61. The van der Waals surface area contributed by atoms with E-state index in [9.17, 15) is 0 Å². The minimum Gasteiger partial charge on any atom is -0.482 e. The van der Waals surface area contributed by atoms with Crippen LogP contribution in [0.3, 0.4) is 0 Å². The first-order chi connectivity index (χ1) is 9.22. The monoisotopic (exact) mass is 263 g/mol. The molecule has 0 atom stereocenters.